The molecule has 5 nitrogen and oxygen atoms in total. The number of halogens is 4. The number of rotatable bonds is 0. The van der Waals surface area contributed by atoms with Crippen LogP contribution in [0, 0.1) is 0 Å². The second-order valence-electron chi connectivity index (χ2n) is 3.61. The largest absolute Gasteiger partial charge is 0.417 e. The van der Waals surface area contributed by atoms with Crippen LogP contribution in [0.3, 0.4) is 0 Å². The van der Waals surface area contributed by atoms with E-state index >= 15 is 0 Å². The molecule has 2 N–H and O–H groups in total. The van der Waals surface area contributed by atoms with Crippen molar-refractivity contribution in [2.45, 2.75) is 6.18 Å². The molecule has 0 fully saturated rings. The highest BCUT2D eigenvalue weighted by atomic mass is 35.5. The van der Waals surface area contributed by atoms with E-state index < -0.39 is 34.2 Å². The Morgan fingerprint density at radius 3 is 2.42 bits per heavy atom. The van der Waals surface area contributed by atoms with E-state index in [2.05, 4.69) is 5.16 Å². The molecule has 0 aromatic heterocycles. The van der Waals surface area contributed by atoms with E-state index in [4.69, 9.17) is 16.8 Å². The first kappa shape index (κ1) is 13.3. The van der Waals surface area contributed by atoms with Gasteiger partial charge in [0.1, 0.15) is 0 Å². The maximum absolute atomic E-state index is 12.6. The molecule has 9 heteroatoms. The summed E-state index contributed by atoms with van der Waals surface area (Å²) >= 11 is 5.45. The lowest BCUT2D eigenvalue weighted by Gasteiger charge is -2.19. The fourth-order valence-corrected chi connectivity index (χ4v) is 1.86. The van der Waals surface area contributed by atoms with Crippen LogP contribution in [0.25, 0.3) is 0 Å². The Hall–Kier alpha value is -2.09. The zero-order chi connectivity index (χ0) is 14.4. The van der Waals surface area contributed by atoms with Crippen LogP contribution in [0.4, 0.5) is 18.9 Å². The summed E-state index contributed by atoms with van der Waals surface area (Å²) < 4.78 is 37.8. The molecule has 0 radical (unpaired) electrons. The van der Waals surface area contributed by atoms with Gasteiger partial charge in [-0.3, -0.25) is 9.59 Å². The highest BCUT2D eigenvalue weighted by Crippen LogP contribution is 2.38. The third-order valence-electron chi connectivity index (χ3n) is 2.44. The van der Waals surface area contributed by atoms with Crippen molar-refractivity contribution in [2.75, 3.05) is 5.32 Å². The molecule has 0 unspecified atom stereocenters. The van der Waals surface area contributed by atoms with Gasteiger partial charge in [0.05, 0.1) is 16.3 Å². The lowest BCUT2D eigenvalue weighted by molar-refractivity contribution is -0.137. The molecule has 1 amide bonds. The number of amides is 1. The SMILES string of the molecule is O=C1Nc2cc(C(F)(F)F)c(Cl)cc2C(=O)/C1=N/O. The van der Waals surface area contributed by atoms with Gasteiger partial charge in [0.25, 0.3) is 5.91 Å². The molecule has 2 rings (SSSR count). The van der Waals surface area contributed by atoms with Crippen LogP contribution in [0.15, 0.2) is 17.3 Å². The number of alkyl halides is 3. The molecule has 19 heavy (non-hydrogen) atoms. The third kappa shape index (κ3) is 2.14. The molecule has 1 aromatic carbocycles. The number of hydrogen-bond acceptors (Lipinski definition) is 4. The number of carbonyl (C=O) groups excluding carboxylic acids is 2. The molecule has 0 bridgehead atoms. The number of benzene rings is 1. The average molecular weight is 293 g/mol. The van der Waals surface area contributed by atoms with Crippen molar-refractivity contribution in [3.05, 3.63) is 28.3 Å². The van der Waals surface area contributed by atoms with Gasteiger partial charge in [-0.05, 0) is 12.1 Å². The summed E-state index contributed by atoms with van der Waals surface area (Å²) in [6, 6.07) is 1.33. The Bertz CT molecular complexity index is 625. The number of nitrogens with one attached hydrogen (secondary N) is 1. The molecule has 0 spiro atoms. The van der Waals surface area contributed by atoms with Gasteiger partial charge in [0.15, 0.2) is 0 Å². The van der Waals surface area contributed by atoms with E-state index in [9.17, 15) is 22.8 Å². The van der Waals surface area contributed by atoms with Crippen LogP contribution in [0.5, 0.6) is 0 Å². The number of oxime groups is 1. The zero-order valence-electron chi connectivity index (χ0n) is 8.88. The third-order valence-corrected chi connectivity index (χ3v) is 2.75. The van der Waals surface area contributed by atoms with E-state index in [1.54, 1.807) is 0 Å². The van der Waals surface area contributed by atoms with Gasteiger partial charge in [-0.1, -0.05) is 16.8 Å². The van der Waals surface area contributed by atoms with Gasteiger partial charge in [-0.15, -0.1) is 0 Å². The van der Waals surface area contributed by atoms with E-state index in [-0.39, 0.29) is 11.3 Å². The number of carbonyl (C=O) groups is 2. The Morgan fingerprint density at radius 2 is 1.89 bits per heavy atom. The molecule has 100 valence electrons. The molecule has 0 saturated heterocycles. The Morgan fingerprint density at radius 1 is 1.26 bits per heavy atom. The van der Waals surface area contributed by atoms with Gasteiger partial charge in [-0.25, -0.2) is 0 Å². The molecule has 1 heterocycles. The highest BCUT2D eigenvalue weighted by molar-refractivity contribution is 6.72. The minimum Gasteiger partial charge on any atom is -0.410 e. The first-order chi connectivity index (χ1) is 8.75. The Labute approximate surface area is 108 Å². The first-order valence-corrected chi connectivity index (χ1v) is 5.12. The summed E-state index contributed by atoms with van der Waals surface area (Å²) in [5, 5.41) is 12.3. The van der Waals surface area contributed by atoms with Crippen LogP contribution in [-0.2, 0) is 11.0 Å². The van der Waals surface area contributed by atoms with Crippen molar-refractivity contribution in [1.82, 2.24) is 0 Å². The summed E-state index contributed by atoms with van der Waals surface area (Å²) in [6.07, 6.45) is -4.72. The van der Waals surface area contributed by atoms with Gasteiger partial charge in [0, 0.05) is 5.56 Å². The minimum atomic E-state index is -4.72. The number of ketones is 1. The number of anilines is 1. The van der Waals surface area contributed by atoms with Crippen molar-refractivity contribution >= 4 is 34.7 Å². The molecule has 0 atom stereocenters. The van der Waals surface area contributed by atoms with E-state index in [1.807, 2.05) is 5.32 Å². The molecular weight excluding hydrogens is 289 g/mol. The average Bonchev–Trinajstić information content (AvgIpc) is 2.29. The summed E-state index contributed by atoms with van der Waals surface area (Å²) in [4.78, 5) is 23.0. The number of hydrogen-bond donors (Lipinski definition) is 2. The lowest BCUT2D eigenvalue weighted by Crippen LogP contribution is -2.36. The van der Waals surface area contributed by atoms with E-state index in [0.717, 1.165) is 6.07 Å². The second-order valence-corrected chi connectivity index (χ2v) is 4.01. The summed E-state index contributed by atoms with van der Waals surface area (Å²) in [5.41, 5.74) is -2.60. The lowest BCUT2D eigenvalue weighted by atomic mass is 9.98. The zero-order valence-corrected chi connectivity index (χ0v) is 9.63. The topological polar surface area (TPSA) is 78.8 Å². The van der Waals surface area contributed by atoms with Crippen molar-refractivity contribution in [1.29, 1.82) is 0 Å². The monoisotopic (exact) mass is 292 g/mol. The minimum absolute atomic E-state index is 0.273. The van der Waals surface area contributed by atoms with E-state index in [1.165, 1.54) is 0 Å². The number of fused-ring (bicyclic) bond motifs is 1. The maximum atomic E-state index is 12.6. The Kier molecular flexibility index (Phi) is 2.97. The fourth-order valence-electron chi connectivity index (χ4n) is 1.58. The van der Waals surface area contributed by atoms with Crippen molar-refractivity contribution in [3.63, 3.8) is 0 Å². The maximum Gasteiger partial charge on any atom is 0.417 e. The van der Waals surface area contributed by atoms with Crippen LogP contribution >= 0.6 is 11.6 Å². The quantitative estimate of drug-likeness (QED) is 0.569. The fraction of sp³-hybridized carbons (Fsp3) is 0.100. The molecule has 1 aliphatic heterocycles. The van der Waals surface area contributed by atoms with Crippen LogP contribution in [0.1, 0.15) is 15.9 Å². The second kappa shape index (κ2) is 4.23. The van der Waals surface area contributed by atoms with Crippen molar-refractivity contribution < 1.29 is 28.0 Å². The normalized spacial score (nSPS) is 17.4. The number of nitrogens with zero attached hydrogens (tertiary/aromatic N) is 1. The van der Waals surface area contributed by atoms with Crippen molar-refractivity contribution in [2.24, 2.45) is 5.16 Å². The molecule has 1 aromatic rings. The Balaban J connectivity index is 2.65. The first-order valence-electron chi connectivity index (χ1n) is 4.74. The predicted molar refractivity (Wildman–Crippen MR) is 58.6 cm³/mol. The van der Waals surface area contributed by atoms with Gasteiger partial charge < -0.3 is 10.5 Å². The smallest absolute Gasteiger partial charge is 0.410 e. The van der Waals surface area contributed by atoms with E-state index in [0.29, 0.717) is 6.07 Å². The van der Waals surface area contributed by atoms with Crippen LogP contribution < -0.4 is 5.32 Å². The van der Waals surface area contributed by atoms with Crippen molar-refractivity contribution in [3.8, 4) is 0 Å². The van der Waals surface area contributed by atoms with Crippen LogP contribution in [0.2, 0.25) is 5.02 Å². The summed E-state index contributed by atoms with van der Waals surface area (Å²) in [7, 11) is 0. The summed E-state index contributed by atoms with van der Waals surface area (Å²) in [6.45, 7) is 0. The van der Waals surface area contributed by atoms with Crippen LogP contribution in [-0.4, -0.2) is 22.6 Å². The molecule has 1 aliphatic rings. The molecular formula is C10H4ClF3N2O3. The highest BCUT2D eigenvalue weighted by Gasteiger charge is 2.37. The molecule has 0 saturated carbocycles. The molecule has 0 aliphatic carbocycles. The number of Topliss-reactive ketones (excluding diaryl/α,β-unsaturated/α-hetero) is 1. The standard InChI is InChI=1S/C10H4ClF3N2O3/c11-5-1-3-6(2-4(5)10(12,13)14)15-9(18)7(16-19)8(3)17/h1-2,19H,(H,15,18)/b16-7-. The van der Waals surface area contributed by atoms with Gasteiger partial charge in [0.2, 0.25) is 11.5 Å². The van der Waals surface area contributed by atoms with Gasteiger partial charge >= 0.3 is 6.18 Å². The predicted octanol–water partition coefficient (Wildman–Crippen LogP) is 2.32. The van der Waals surface area contributed by atoms with Gasteiger partial charge in [-0.2, -0.15) is 13.2 Å². The summed E-state index contributed by atoms with van der Waals surface area (Å²) in [5.74, 6) is -2.09.